The summed E-state index contributed by atoms with van der Waals surface area (Å²) >= 11 is 0. The minimum atomic E-state index is 0.269. The predicted molar refractivity (Wildman–Crippen MR) is 91.2 cm³/mol. The van der Waals surface area contributed by atoms with Crippen molar-refractivity contribution in [3.8, 4) is 0 Å². The van der Waals surface area contributed by atoms with Gasteiger partial charge in [-0.2, -0.15) is 0 Å². The van der Waals surface area contributed by atoms with Crippen LogP contribution in [0.3, 0.4) is 0 Å². The SMILES string of the molecule is COCc1cn(CC2CCCN(C(=O)C3CCCCCC3)C2)nn1. The molecule has 1 saturated carbocycles. The quantitative estimate of drug-likeness (QED) is 0.777. The molecule has 1 amide bonds. The van der Waals surface area contributed by atoms with Gasteiger partial charge in [0.05, 0.1) is 12.8 Å². The minimum Gasteiger partial charge on any atom is -0.378 e. The molecule has 0 radical (unpaired) electrons. The second-order valence-corrected chi connectivity index (χ2v) is 7.35. The molecule has 6 nitrogen and oxygen atoms in total. The van der Waals surface area contributed by atoms with Crippen LogP contribution in [0.4, 0.5) is 0 Å². The van der Waals surface area contributed by atoms with Crippen molar-refractivity contribution in [1.29, 1.82) is 0 Å². The van der Waals surface area contributed by atoms with Crippen molar-refractivity contribution in [3.63, 3.8) is 0 Å². The first-order valence-electron chi connectivity index (χ1n) is 9.43. The molecule has 0 spiro atoms. The zero-order valence-corrected chi connectivity index (χ0v) is 14.8. The Morgan fingerprint density at radius 1 is 1.21 bits per heavy atom. The van der Waals surface area contributed by atoms with E-state index in [2.05, 4.69) is 15.2 Å². The maximum Gasteiger partial charge on any atom is 0.225 e. The Hall–Kier alpha value is -1.43. The summed E-state index contributed by atoms with van der Waals surface area (Å²) in [6.45, 7) is 3.13. The maximum atomic E-state index is 12.9. The second-order valence-electron chi connectivity index (χ2n) is 7.35. The second kappa shape index (κ2) is 8.60. The Balaban J connectivity index is 1.54. The standard InChI is InChI=1S/C18H30N4O2/c1-24-14-17-13-22(20-19-17)12-15-7-6-10-21(11-15)18(23)16-8-4-2-3-5-9-16/h13,15-16H,2-12,14H2,1H3. The van der Waals surface area contributed by atoms with Gasteiger partial charge >= 0.3 is 0 Å². The van der Waals surface area contributed by atoms with Gasteiger partial charge in [-0.05, 0) is 31.6 Å². The van der Waals surface area contributed by atoms with Crippen LogP contribution in [-0.4, -0.2) is 46.0 Å². The first kappa shape index (κ1) is 17.4. The van der Waals surface area contributed by atoms with Crippen molar-refractivity contribution in [2.24, 2.45) is 11.8 Å². The zero-order chi connectivity index (χ0) is 16.8. The van der Waals surface area contributed by atoms with Crippen LogP contribution in [-0.2, 0) is 22.7 Å². The highest BCUT2D eigenvalue weighted by molar-refractivity contribution is 5.79. The van der Waals surface area contributed by atoms with Gasteiger partial charge in [-0.25, -0.2) is 0 Å². The fourth-order valence-electron chi connectivity index (χ4n) is 4.11. The van der Waals surface area contributed by atoms with Gasteiger partial charge in [-0.1, -0.05) is 30.9 Å². The lowest BCUT2D eigenvalue weighted by Crippen LogP contribution is -2.44. The number of hydrogen-bond acceptors (Lipinski definition) is 4. The average Bonchev–Trinajstić information content (AvgIpc) is 2.86. The molecule has 0 bridgehead atoms. The number of methoxy groups -OCH3 is 1. The van der Waals surface area contributed by atoms with E-state index in [9.17, 15) is 4.79 Å². The third kappa shape index (κ3) is 4.56. The molecule has 1 atom stereocenters. The topological polar surface area (TPSA) is 60.2 Å². The smallest absolute Gasteiger partial charge is 0.225 e. The van der Waals surface area contributed by atoms with Gasteiger partial charge in [0.2, 0.25) is 5.91 Å². The van der Waals surface area contributed by atoms with Crippen molar-refractivity contribution in [3.05, 3.63) is 11.9 Å². The van der Waals surface area contributed by atoms with Crippen LogP contribution in [0.5, 0.6) is 0 Å². The van der Waals surface area contributed by atoms with Crippen LogP contribution in [0.25, 0.3) is 0 Å². The van der Waals surface area contributed by atoms with Crippen molar-refractivity contribution >= 4 is 5.91 Å². The van der Waals surface area contributed by atoms with E-state index in [4.69, 9.17) is 4.74 Å². The number of amides is 1. The van der Waals surface area contributed by atoms with Crippen LogP contribution in [0.1, 0.15) is 57.1 Å². The van der Waals surface area contributed by atoms with Crippen LogP contribution >= 0.6 is 0 Å². The summed E-state index contributed by atoms with van der Waals surface area (Å²) in [7, 11) is 1.66. The third-order valence-corrected chi connectivity index (χ3v) is 5.36. The molecule has 3 rings (SSSR count). The predicted octanol–water partition coefficient (Wildman–Crippen LogP) is 2.63. The first-order valence-corrected chi connectivity index (χ1v) is 9.43. The average molecular weight is 334 g/mol. The molecule has 0 aromatic carbocycles. The van der Waals surface area contributed by atoms with Crippen LogP contribution < -0.4 is 0 Å². The number of ether oxygens (including phenoxy) is 1. The number of rotatable bonds is 5. The van der Waals surface area contributed by atoms with Gasteiger partial charge in [-0.15, -0.1) is 5.10 Å². The molecule has 2 fully saturated rings. The van der Waals surface area contributed by atoms with Crippen LogP contribution in [0, 0.1) is 11.8 Å². The molecular formula is C18H30N4O2. The van der Waals surface area contributed by atoms with E-state index >= 15 is 0 Å². The van der Waals surface area contributed by atoms with Crippen molar-refractivity contribution in [2.45, 2.75) is 64.5 Å². The monoisotopic (exact) mass is 334 g/mol. The highest BCUT2D eigenvalue weighted by Crippen LogP contribution is 2.27. The Kier molecular flexibility index (Phi) is 6.24. The van der Waals surface area contributed by atoms with Gasteiger partial charge in [0.1, 0.15) is 5.69 Å². The van der Waals surface area contributed by atoms with Crippen LogP contribution in [0.2, 0.25) is 0 Å². The lowest BCUT2D eigenvalue weighted by atomic mass is 9.94. The largest absolute Gasteiger partial charge is 0.378 e. The number of likely N-dealkylation sites (tertiary alicyclic amines) is 1. The molecule has 1 aliphatic carbocycles. The molecule has 134 valence electrons. The normalized spacial score (nSPS) is 23.2. The molecule has 0 N–H and O–H groups in total. The van der Waals surface area contributed by atoms with Gasteiger partial charge in [0.15, 0.2) is 0 Å². The van der Waals surface area contributed by atoms with E-state index in [1.807, 2.05) is 10.9 Å². The fraction of sp³-hybridized carbons (Fsp3) is 0.833. The number of aromatic nitrogens is 3. The van der Waals surface area contributed by atoms with Crippen molar-refractivity contribution in [1.82, 2.24) is 19.9 Å². The van der Waals surface area contributed by atoms with E-state index in [-0.39, 0.29) is 5.92 Å². The lowest BCUT2D eigenvalue weighted by Gasteiger charge is -2.34. The summed E-state index contributed by atoms with van der Waals surface area (Å²) in [5, 5.41) is 8.30. The number of carbonyl (C=O) groups excluding carboxylic acids is 1. The first-order chi connectivity index (χ1) is 11.8. The Morgan fingerprint density at radius 3 is 2.75 bits per heavy atom. The maximum absolute atomic E-state index is 12.9. The molecule has 1 aromatic heterocycles. The van der Waals surface area contributed by atoms with Crippen LogP contribution in [0.15, 0.2) is 6.20 Å². The summed E-state index contributed by atoms with van der Waals surface area (Å²) in [5.41, 5.74) is 0.861. The number of carbonyl (C=O) groups is 1. The van der Waals surface area contributed by atoms with Gasteiger partial charge < -0.3 is 9.64 Å². The lowest BCUT2D eigenvalue weighted by molar-refractivity contribution is -0.138. The van der Waals surface area contributed by atoms with E-state index < -0.39 is 0 Å². The molecular weight excluding hydrogens is 304 g/mol. The number of nitrogens with zero attached hydrogens (tertiary/aromatic N) is 4. The molecule has 1 saturated heterocycles. The highest BCUT2D eigenvalue weighted by Gasteiger charge is 2.29. The van der Waals surface area contributed by atoms with E-state index in [0.717, 1.165) is 51.0 Å². The summed E-state index contributed by atoms with van der Waals surface area (Å²) in [6.07, 6.45) is 11.4. The summed E-state index contributed by atoms with van der Waals surface area (Å²) in [4.78, 5) is 15.0. The molecule has 1 aromatic rings. The van der Waals surface area contributed by atoms with Crippen molar-refractivity contribution < 1.29 is 9.53 Å². The Labute approximate surface area is 144 Å². The fourth-order valence-corrected chi connectivity index (χ4v) is 4.11. The van der Waals surface area contributed by atoms with E-state index in [0.29, 0.717) is 18.4 Å². The van der Waals surface area contributed by atoms with E-state index in [1.54, 1.807) is 7.11 Å². The molecule has 1 aliphatic heterocycles. The molecule has 24 heavy (non-hydrogen) atoms. The molecule has 6 heteroatoms. The van der Waals surface area contributed by atoms with Gasteiger partial charge in [-0.3, -0.25) is 9.48 Å². The summed E-state index contributed by atoms with van der Waals surface area (Å²) in [6, 6.07) is 0. The molecule has 2 aliphatic rings. The number of piperidine rings is 1. The zero-order valence-electron chi connectivity index (χ0n) is 14.8. The third-order valence-electron chi connectivity index (χ3n) is 5.36. The number of hydrogen-bond donors (Lipinski definition) is 0. The van der Waals surface area contributed by atoms with E-state index in [1.165, 1.54) is 25.7 Å². The summed E-state index contributed by atoms with van der Waals surface area (Å²) in [5.74, 6) is 1.15. The van der Waals surface area contributed by atoms with Gasteiger partial charge in [0.25, 0.3) is 0 Å². The highest BCUT2D eigenvalue weighted by atomic mass is 16.5. The van der Waals surface area contributed by atoms with Crippen molar-refractivity contribution in [2.75, 3.05) is 20.2 Å². The summed E-state index contributed by atoms with van der Waals surface area (Å²) < 4.78 is 6.99. The Morgan fingerprint density at radius 2 is 2.00 bits per heavy atom. The molecule has 1 unspecified atom stereocenters. The Bertz CT molecular complexity index is 523. The minimum absolute atomic E-state index is 0.269. The van der Waals surface area contributed by atoms with Gasteiger partial charge in [0, 0.05) is 32.7 Å². The molecule has 2 heterocycles.